The van der Waals surface area contributed by atoms with Crippen LogP contribution < -0.4 is 0 Å². The normalized spacial score (nSPS) is 17.0. The first-order valence-electron chi connectivity index (χ1n) is 7.63. The quantitative estimate of drug-likeness (QED) is 0.832. The zero-order valence-electron chi connectivity index (χ0n) is 13.2. The first-order chi connectivity index (χ1) is 9.86. The number of aryl methyl sites for hydroxylation is 1. The first kappa shape index (κ1) is 16.5. The Labute approximate surface area is 136 Å². The number of carbonyl (C=O) groups excluding carboxylic acids is 1. The number of amides is 1. The molecule has 0 radical (unpaired) electrons. The van der Waals surface area contributed by atoms with Crippen molar-refractivity contribution in [3.05, 3.63) is 34.3 Å². The van der Waals surface area contributed by atoms with E-state index in [0.29, 0.717) is 6.42 Å². The highest BCUT2D eigenvalue weighted by Gasteiger charge is 2.27. The Kier molecular flexibility index (Phi) is 5.44. The zero-order chi connectivity index (χ0) is 15.5. The molecule has 3 nitrogen and oxygen atoms in total. The van der Waals surface area contributed by atoms with Crippen molar-refractivity contribution in [3.8, 4) is 0 Å². The minimum atomic E-state index is 0.201. The Morgan fingerprint density at radius 1 is 1.10 bits per heavy atom. The first-order valence-corrected chi connectivity index (χ1v) is 8.43. The molecule has 21 heavy (non-hydrogen) atoms. The van der Waals surface area contributed by atoms with E-state index in [2.05, 4.69) is 53.7 Å². The molecule has 1 saturated heterocycles. The van der Waals surface area contributed by atoms with Gasteiger partial charge >= 0.3 is 0 Å². The van der Waals surface area contributed by atoms with Crippen molar-refractivity contribution in [2.45, 2.75) is 39.2 Å². The number of halogens is 1. The summed E-state index contributed by atoms with van der Waals surface area (Å²) in [5.41, 5.74) is 1.42. The predicted octanol–water partition coefficient (Wildman–Crippen LogP) is 3.32. The number of nitrogens with zero attached hydrogens (tertiary/aromatic N) is 2. The van der Waals surface area contributed by atoms with Gasteiger partial charge in [-0.05, 0) is 44.9 Å². The van der Waals surface area contributed by atoms with Crippen LogP contribution in [0.5, 0.6) is 0 Å². The summed E-state index contributed by atoms with van der Waals surface area (Å²) in [4.78, 5) is 16.8. The lowest BCUT2D eigenvalue weighted by Gasteiger charge is -2.42. The molecule has 0 unspecified atom stereocenters. The molecule has 1 aromatic rings. The van der Waals surface area contributed by atoms with Gasteiger partial charge in [-0.3, -0.25) is 9.69 Å². The van der Waals surface area contributed by atoms with Crippen LogP contribution in [0.2, 0.25) is 0 Å². The van der Waals surface area contributed by atoms with Crippen molar-refractivity contribution >= 4 is 21.8 Å². The van der Waals surface area contributed by atoms with E-state index >= 15 is 0 Å². The van der Waals surface area contributed by atoms with Crippen molar-refractivity contribution in [2.75, 3.05) is 26.2 Å². The van der Waals surface area contributed by atoms with E-state index in [9.17, 15) is 4.79 Å². The second kappa shape index (κ2) is 6.93. The van der Waals surface area contributed by atoms with Gasteiger partial charge in [-0.15, -0.1) is 0 Å². The molecule has 0 saturated carbocycles. The molecule has 1 aliphatic heterocycles. The van der Waals surface area contributed by atoms with E-state index in [-0.39, 0.29) is 11.4 Å². The zero-order valence-corrected chi connectivity index (χ0v) is 14.8. The summed E-state index contributed by atoms with van der Waals surface area (Å²) >= 11 is 3.43. The van der Waals surface area contributed by atoms with Gasteiger partial charge in [0.25, 0.3) is 0 Å². The smallest absolute Gasteiger partial charge is 0.222 e. The number of piperazine rings is 1. The molecule has 116 valence electrons. The Balaban J connectivity index is 1.78. The third-order valence-corrected chi connectivity index (χ3v) is 4.65. The van der Waals surface area contributed by atoms with E-state index in [1.807, 2.05) is 17.0 Å². The molecule has 0 N–H and O–H groups in total. The van der Waals surface area contributed by atoms with E-state index in [1.165, 1.54) is 5.56 Å². The van der Waals surface area contributed by atoms with Gasteiger partial charge in [-0.1, -0.05) is 28.1 Å². The van der Waals surface area contributed by atoms with Gasteiger partial charge in [0.15, 0.2) is 0 Å². The summed E-state index contributed by atoms with van der Waals surface area (Å²) in [6.45, 7) is 10.4. The Morgan fingerprint density at radius 3 is 2.19 bits per heavy atom. The standard InChI is InChI=1S/C17H25BrN2O/c1-17(2,3)20-12-10-19(11-13-20)16(21)9-6-14-4-7-15(18)8-5-14/h4-5,7-8H,6,9-13H2,1-3H3. The molecule has 0 aliphatic carbocycles. The molecule has 2 rings (SSSR count). The predicted molar refractivity (Wildman–Crippen MR) is 90.4 cm³/mol. The maximum Gasteiger partial charge on any atom is 0.222 e. The van der Waals surface area contributed by atoms with E-state index in [1.54, 1.807) is 0 Å². The molecule has 1 heterocycles. The number of hydrogen-bond donors (Lipinski definition) is 0. The molecule has 0 aromatic heterocycles. The number of benzene rings is 1. The van der Waals surface area contributed by atoms with Crippen LogP contribution in [0.25, 0.3) is 0 Å². The van der Waals surface area contributed by atoms with Crippen molar-refractivity contribution < 1.29 is 4.79 Å². The third kappa shape index (κ3) is 4.82. The van der Waals surface area contributed by atoms with Crippen molar-refractivity contribution in [1.29, 1.82) is 0 Å². The molecular weight excluding hydrogens is 328 g/mol. The molecule has 1 amide bonds. The van der Waals surface area contributed by atoms with E-state index in [0.717, 1.165) is 37.1 Å². The van der Waals surface area contributed by atoms with Crippen LogP contribution in [0.1, 0.15) is 32.8 Å². The molecule has 0 bridgehead atoms. The fourth-order valence-corrected chi connectivity index (χ4v) is 2.95. The second-order valence-electron chi connectivity index (χ2n) is 6.67. The Bertz CT molecular complexity index is 471. The molecule has 1 aromatic carbocycles. The molecule has 4 heteroatoms. The molecule has 0 atom stereocenters. The van der Waals surface area contributed by atoms with Gasteiger partial charge < -0.3 is 4.90 Å². The summed E-state index contributed by atoms with van der Waals surface area (Å²) in [7, 11) is 0. The average molecular weight is 353 g/mol. The maximum atomic E-state index is 12.3. The highest BCUT2D eigenvalue weighted by molar-refractivity contribution is 9.10. The minimum Gasteiger partial charge on any atom is -0.340 e. The van der Waals surface area contributed by atoms with Crippen LogP contribution in [0.4, 0.5) is 0 Å². The van der Waals surface area contributed by atoms with Crippen molar-refractivity contribution in [3.63, 3.8) is 0 Å². The number of hydrogen-bond acceptors (Lipinski definition) is 2. The van der Waals surface area contributed by atoms with Crippen LogP contribution in [0, 0.1) is 0 Å². The number of carbonyl (C=O) groups is 1. The summed E-state index contributed by atoms with van der Waals surface area (Å²) < 4.78 is 1.08. The van der Waals surface area contributed by atoms with Gasteiger partial charge in [0.05, 0.1) is 0 Å². The Morgan fingerprint density at radius 2 is 1.67 bits per heavy atom. The largest absolute Gasteiger partial charge is 0.340 e. The lowest BCUT2D eigenvalue weighted by Crippen LogP contribution is -2.54. The van der Waals surface area contributed by atoms with E-state index in [4.69, 9.17) is 0 Å². The summed E-state index contributed by atoms with van der Waals surface area (Å²) in [6.07, 6.45) is 1.43. The van der Waals surface area contributed by atoms with Crippen LogP contribution in [0.3, 0.4) is 0 Å². The Hall–Kier alpha value is -0.870. The lowest BCUT2D eigenvalue weighted by atomic mass is 10.0. The van der Waals surface area contributed by atoms with Crippen LogP contribution >= 0.6 is 15.9 Å². The molecule has 1 fully saturated rings. The van der Waals surface area contributed by atoms with Crippen LogP contribution in [-0.4, -0.2) is 47.4 Å². The summed E-state index contributed by atoms with van der Waals surface area (Å²) in [5, 5.41) is 0. The second-order valence-corrected chi connectivity index (χ2v) is 7.58. The maximum absolute atomic E-state index is 12.3. The highest BCUT2D eigenvalue weighted by atomic mass is 79.9. The van der Waals surface area contributed by atoms with Gasteiger partial charge in [0.2, 0.25) is 5.91 Å². The third-order valence-electron chi connectivity index (χ3n) is 4.12. The van der Waals surface area contributed by atoms with E-state index < -0.39 is 0 Å². The SMILES string of the molecule is CC(C)(C)N1CCN(C(=O)CCc2ccc(Br)cc2)CC1. The molecule has 0 spiro atoms. The summed E-state index contributed by atoms with van der Waals surface area (Å²) in [6, 6.07) is 8.22. The fraction of sp³-hybridized carbons (Fsp3) is 0.588. The number of rotatable bonds is 3. The lowest BCUT2D eigenvalue weighted by molar-refractivity contribution is -0.133. The monoisotopic (exact) mass is 352 g/mol. The van der Waals surface area contributed by atoms with Gasteiger partial charge in [-0.25, -0.2) is 0 Å². The van der Waals surface area contributed by atoms with Gasteiger partial charge in [-0.2, -0.15) is 0 Å². The fourth-order valence-electron chi connectivity index (χ4n) is 2.69. The summed E-state index contributed by atoms with van der Waals surface area (Å²) in [5.74, 6) is 0.284. The topological polar surface area (TPSA) is 23.6 Å². The van der Waals surface area contributed by atoms with Crippen LogP contribution in [-0.2, 0) is 11.2 Å². The van der Waals surface area contributed by atoms with Gasteiger partial charge in [0, 0.05) is 42.6 Å². The molecular formula is C17H25BrN2O. The minimum absolute atomic E-state index is 0.201. The average Bonchev–Trinajstić information content (AvgIpc) is 2.45. The van der Waals surface area contributed by atoms with Crippen molar-refractivity contribution in [1.82, 2.24) is 9.80 Å². The molecule has 1 aliphatic rings. The highest BCUT2D eigenvalue weighted by Crippen LogP contribution is 2.17. The van der Waals surface area contributed by atoms with Gasteiger partial charge in [0.1, 0.15) is 0 Å². The van der Waals surface area contributed by atoms with Crippen molar-refractivity contribution in [2.24, 2.45) is 0 Å². The van der Waals surface area contributed by atoms with Crippen LogP contribution in [0.15, 0.2) is 28.7 Å².